The minimum atomic E-state index is -1.80. The number of benzene rings is 6. The fourth-order valence-corrected chi connectivity index (χ4v) is 8.69. The highest BCUT2D eigenvalue weighted by atomic mass is 17.0. The number of rotatable bonds is 23. The van der Waals surface area contributed by atoms with E-state index in [1.807, 2.05) is 115 Å². The van der Waals surface area contributed by atoms with Crippen LogP contribution in [0.1, 0.15) is 72.6 Å². The predicted octanol–water partition coefficient (Wildman–Crippen LogP) is 9.65. The molecule has 20 nitrogen and oxygen atoms in total. The monoisotopic (exact) mass is 990 g/mol. The van der Waals surface area contributed by atoms with Gasteiger partial charge in [-0.3, -0.25) is 4.57 Å². The van der Waals surface area contributed by atoms with Gasteiger partial charge in [-0.05, 0) is 82.1 Å². The van der Waals surface area contributed by atoms with Gasteiger partial charge < -0.3 is 28.6 Å². The van der Waals surface area contributed by atoms with Crippen LogP contribution in [0.3, 0.4) is 0 Å². The van der Waals surface area contributed by atoms with Gasteiger partial charge in [-0.1, -0.05) is 146 Å². The minimum Gasteiger partial charge on any atom is -0.465 e. The van der Waals surface area contributed by atoms with Crippen LogP contribution in [0.5, 0.6) is 6.01 Å². The molecule has 73 heavy (non-hydrogen) atoms. The van der Waals surface area contributed by atoms with Crippen LogP contribution in [0, 0.1) is 20.2 Å². The average Bonchev–Trinajstić information content (AvgIpc) is 4.01. The highest BCUT2D eigenvalue weighted by Gasteiger charge is 2.42. The molecule has 0 aliphatic heterocycles. The first-order valence-electron chi connectivity index (χ1n) is 23.3. The summed E-state index contributed by atoms with van der Waals surface area (Å²) in [5.41, 5.74) is 6.47. The Kier molecular flexibility index (Phi) is 15.6. The Morgan fingerprint density at radius 1 is 0.712 bits per heavy atom. The lowest BCUT2D eigenvalue weighted by Crippen LogP contribution is -2.39. The van der Waals surface area contributed by atoms with Gasteiger partial charge in [0.25, 0.3) is 22.0 Å². The molecule has 2 heterocycles. The average molecular weight is 991 g/mol. The number of ether oxygens (including phenoxy) is 4. The summed E-state index contributed by atoms with van der Waals surface area (Å²) >= 11 is 0. The maximum Gasteiger partial charge on any atom is 0.511 e. The van der Waals surface area contributed by atoms with Crippen molar-refractivity contribution in [3.63, 3.8) is 0 Å². The molecule has 0 bridgehead atoms. The number of esters is 1. The number of hydrogen-bond donors (Lipinski definition) is 0. The second-order valence-electron chi connectivity index (χ2n) is 17.0. The fourth-order valence-electron chi connectivity index (χ4n) is 8.69. The topological polar surface area (TPSA) is 237 Å². The molecule has 2 aromatic heterocycles. The zero-order chi connectivity index (χ0) is 51.4. The van der Waals surface area contributed by atoms with Crippen LogP contribution in [0.25, 0.3) is 33.5 Å². The molecule has 0 radical (unpaired) electrons. The molecule has 1 unspecified atom stereocenters. The quantitative estimate of drug-likeness (QED) is 0.0145. The van der Waals surface area contributed by atoms with Crippen LogP contribution < -0.4 is 4.74 Å². The van der Waals surface area contributed by atoms with E-state index in [4.69, 9.17) is 34.2 Å². The van der Waals surface area contributed by atoms with Crippen molar-refractivity contribution in [2.75, 3.05) is 19.8 Å². The van der Waals surface area contributed by atoms with Gasteiger partial charge in [0.1, 0.15) is 18.2 Å². The molecule has 6 aromatic carbocycles. The molecular weight excluding hydrogens is 941 g/mol. The lowest BCUT2D eigenvalue weighted by Gasteiger charge is -2.36. The Labute approximate surface area is 418 Å². The number of aromatic nitrogens is 6. The van der Waals surface area contributed by atoms with E-state index in [1.54, 1.807) is 22.8 Å². The summed E-state index contributed by atoms with van der Waals surface area (Å²) in [6, 6.07) is 51.9. The van der Waals surface area contributed by atoms with Crippen molar-refractivity contribution in [2.24, 2.45) is 0 Å². The maximum atomic E-state index is 14.0. The molecule has 20 heteroatoms. The van der Waals surface area contributed by atoms with Crippen LogP contribution >= 0.6 is 0 Å². The summed E-state index contributed by atoms with van der Waals surface area (Å²) in [6.45, 7) is 4.31. The van der Waals surface area contributed by atoms with Gasteiger partial charge >= 0.3 is 12.1 Å². The summed E-state index contributed by atoms with van der Waals surface area (Å²) < 4.78 is 25.9. The first-order chi connectivity index (χ1) is 35.4. The number of fused-ring (bicyclic) bond motifs is 1. The lowest BCUT2D eigenvalue weighted by molar-refractivity contribution is -0.790. The van der Waals surface area contributed by atoms with Gasteiger partial charge in [0.2, 0.25) is 0 Å². The zero-order valence-electron chi connectivity index (χ0n) is 40.0. The Bertz CT molecular complexity index is 3070. The number of hydrogen-bond acceptors (Lipinski definition) is 16. The summed E-state index contributed by atoms with van der Waals surface area (Å²) in [5.74, 6) is -2.05. The fraction of sp³-hybridized carbons (Fsp3) is 0.245. The number of nitrogens with zero attached hydrogens (tertiary/aromatic N) is 8. The van der Waals surface area contributed by atoms with Crippen molar-refractivity contribution in [2.45, 2.75) is 64.0 Å². The van der Waals surface area contributed by atoms with Crippen LogP contribution in [0.15, 0.2) is 158 Å². The van der Waals surface area contributed by atoms with Gasteiger partial charge in [0, 0.05) is 19.4 Å². The third-order valence-corrected chi connectivity index (χ3v) is 11.8. The van der Waals surface area contributed by atoms with E-state index in [0.29, 0.717) is 23.5 Å². The third kappa shape index (κ3) is 11.5. The Morgan fingerprint density at radius 3 is 1.93 bits per heavy atom. The van der Waals surface area contributed by atoms with Crippen molar-refractivity contribution in [3.8, 4) is 28.5 Å². The Morgan fingerprint density at radius 2 is 1.33 bits per heavy atom. The van der Waals surface area contributed by atoms with Crippen LogP contribution in [-0.2, 0) is 36.0 Å². The van der Waals surface area contributed by atoms with Crippen LogP contribution in [-0.4, -0.2) is 83.8 Å². The van der Waals surface area contributed by atoms with Gasteiger partial charge in [0.05, 0.1) is 36.4 Å². The number of imidazole rings is 1. The molecule has 0 aliphatic rings. The number of carbonyl (C=O) groups is 2. The predicted molar refractivity (Wildman–Crippen MR) is 264 cm³/mol. The number of tetrazole rings is 1. The first kappa shape index (κ1) is 50.2. The van der Waals surface area contributed by atoms with E-state index in [2.05, 4.69) is 51.3 Å². The normalized spacial score (nSPS) is 11.9. The van der Waals surface area contributed by atoms with Gasteiger partial charge in [-0.25, -0.2) is 14.3 Å². The molecule has 1 atom stereocenters. The first-order valence-corrected chi connectivity index (χ1v) is 23.3. The summed E-state index contributed by atoms with van der Waals surface area (Å²) in [7, 11) is 0. The van der Waals surface area contributed by atoms with E-state index in [9.17, 15) is 29.8 Å². The molecule has 0 saturated carbocycles. The van der Waals surface area contributed by atoms with Gasteiger partial charge in [-0.15, -0.1) is 25.3 Å². The standard InChI is InChI=1S/C53H50N8O12/c1-4-68-50-54-46-29-18-28-45(49(62)71-52(2,3)72-51(63)69-34-17-16-25-42(73-61(66)67)36-70-60(64)65)47(46)58(50)35-37-30-32-38(33-31-37)43-26-14-15-27-44(43)48-55-56-57-59(48)53(39-19-8-5-9-20-39,40-21-10-6-11-22-40)41-23-12-7-13-24-41/h5-15,18-24,26-33,42H,4,16-17,25,34-36H2,1-3H3. The molecule has 8 rings (SSSR count). The zero-order valence-corrected chi connectivity index (χ0v) is 40.0. The highest BCUT2D eigenvalue weighted by Crippen LogP contribution is 2.43. The molecule has 0 aliphatic carbocycles. The van der Waals surface area contributed by atoms with Crippen LogP contribution in [0.2, 0.25) is 0 Å². The largest absolute Gasteiger partial charge is 0.511 e. The Hall–Kier alpha value is -9.20. The molecular formula is C53H50N8O12. The third-order valence-electron chi connectivity index (χ3n) is 11.8. The maximum absolute atomic E-state index is 14.0. The van der Waals surface area contributed by atoms with E-state index >= 15 is 0 Å². The SMILES string of the molecule is CCOc1nc2cccc(C(=O)OC(C)(C)OC(=O)OCCCCC(CO[N+](=O)[O-])O[N+](=O)[O-])c2n1Cc1ccc(-c2ccccc2-c2nnnn2C(c2ccccc2)(c2ccccc2)c2ccccc2)cc1. The van der Waals surface area contributed by atoms with Crippen molar-refractivity contribution in [1.29, 1.82) is 0 Å². The summed E-state index contributed by atoms with van der Waals surface area (Å²) in [4.78, 5) is 61.2. The van der Waals surface area contributed by atoms with E-state index in [1.165, 1.54) is 13.8 Å². The minimum absolute atomic E-state index is 0.00919. The molecule has 0 saturated heterocycles. The van der Waals surface area contributed by atoms with E-state index < -0.39 is 46.3 Å². The van der Waals surface area contributed by atoms with E-state index in [0.717, 1.165) is 38.9 Å². The molecule has 374 valence electrons. The molecule has 0 N–H and O–H groups in total. The Balaban J connectivity index is 1.02. The number of carbonyl (C=O) groups excluding carboxylic acids is 2. The smallest absolute Gasteiger partial charge is 0.465 e. The number of para-hydroxylation sites is 1. The molecule has 8 aromatic rings. The molecule has 0 amide bonds. The molecule has 0 fully saturated rings. The van der Waals surface area contributed by atoms with Crippen molar-refractivity contribution < 1.29 is 48.4 Å². The van der Waals surface area contributed by atoms with Crippen LogP contribution in [0.4, 0.5) is 4.79 Å². The lowest BCUT2D eigenvalue weighted by atomic mass is 9.77. The van der Waals surface area contributed by atoms with Gasteiger partial charge in [-0.2, -0.15) is 4.98 Å². The summed E-state index contributed by atoms with van der Waals surface area (Å²) in [6.07, 6.45) is -1.89. The van der Waals surface area contributed by atoms with Crippen molar-refractivity contribution in [3.05, 3.63) is 206 Å². The second kappa shape index (κ2) is 22.7. The number of unbranched alkanes of at least 4 members (excludes halogenated alkanes) is 1. The second-order valence-corrected chi connectivity index (χ2v) is 17.0. The highest BCUT2D eigenvalue weighted by molar-refractivity contribution is 6.02. The molecule has 0 spiro atoms. The van der Waals surface area contributed by atoms with Crippen molar-refractivity contribution >= 4 is 23.2 Å². The van der Waals surface area contributed by atoms with Gasteiger partial charge in [0.15, 0.2) is 5.82 Å². The summed E-state index contributed by atoms with van der Waals surface area (Å²) in [5, 5.41) is 32.9. The van der Waals surface area contributed by atoms with E-state index in [-0.39, 0.29) is 44.0 Å². The van der Waals surface area contributed by atoms with Crippen molar-refractivity contribution in [1.82, 2.24) is 29.8 Å².